The molecule has 4 heteroatoms. The second-order valence-electron chi connectivity index (χ2n) is 3.43. The maximum absolute atomic E-state index is 6.06. The van der Waals surface area contributed by atoms with Gasteiger partial charge in [0.05, 0.1) is 11.2 Å². The van der Waals surface area contributed by atoms with Gasteiger partial charge in [-0.15, -0.1) is 0 Å². The zero-order chi connectivity index (χ0) is 10.5. The average molecular weight is 274 g/mol. The molecule has 2 nitrogen and oxygen atoms in total. The van der Waals surface area contributed by atoms with Crippen molar-refractivity contribution in [2.75, 3.05) is 0 Å². The number of rotatable bonds is 0. The minimum Gasteiger partial charge on any atom is -0.356 e. The van der Waals surface area contributed by atoms with E-state index in [1.54, 1.807) is 0 Å². The Morgan fingerprint density at radius 2 is 1.93 bits per heavy atom. The van der Waals surface area contributed by atoms with Gasteiger partial charge in [-0.05, 0) is 42.3 Å². The number of pyridine rings is 1. The SMILES string of the molecule is Cc1nc(Cl)c2[nH]c(C)c(C)c2c1Br. The fourth-order valence-electron chi connectivity index (χ4n) is 1.58. The van der Waals surface area contributed by atoms with Crippen molar-refractivity contribution in [3.63, 3.8) is 0 Å². The molecule has 0 saturated heterocycles. The van der Waals surface area contributed by atoms with Gasteiger partial charge in [0.15, 0.2) is 5.15 Å². The Bertz CT molecular complexity index is 517. The highest BCUT2D eigenvalue weighted by Gasteiger charge is 2.13. The standard InChI is InChI=1S/C10H10BrClN2/c1-4-5(2)13-9-7(4)8(11)6(3)14-10(9)12/h13H,1-3H3. The van der Waals surface area contributed by atoms with E-state index >= 15 is 0 Å². The lowest BCUT2D eigenvalue weighted by atomic mass is 10.2. The van der Waals surface area contributed by atoms with Crippen molar-refractivity contribution in [1.29, 1.82) is 0 Å². The van der Waals surface area contributed by atoms with Crippen molar-refractivity contribution in [2.45, 2.75) is 20.8 Å². The molecular formula is C10H10BrClN2. The van der Waals surface area contributed by atoms with Crippen molar-refractivity contribution in [3.8, 4) is 0 Å². The first kappa shape index (κ1) is 9.99. The Morgan fingerprint density at radius 1 is 1.29 bits per heavy atom. The van der Waals surface area contributed by atoms with Crippen LogP contribution in [0.2, 0.25) is 5.15 Å². The summed E-state index contributed by atoms with van der Waals surface area (Å²) in [4.78, 5) is 7.48. The van der Waals surface area contributed by atoms with E-state index in [2.05, 4.69) is 32.8 Å². The first-order chi connectivity index (χ1) is 6.52. The fraction of sp³-hybridized carbons (Fsp3) is 0.300. The average Bonchev–Trinajstić information content (AvgIpc) is 2.41. The number of aromatic amines is 1. The van der Waals surface area contributed by atoms with Crippen LogP contribution in [0.15, 0.2) is 4.47 Å². The molecule has 0 fully saturated rings. The number of hydrogen-bond acceptors (Lipinski definition) is 1. The van der Waals surface area contributed by atoms with Gasteiger partial charge in [0.1, 0.15) is 0 Å². The summed E-state index contributed by atoms with van der Waals surface area (Å²) in [6.45, 7) is 6.05. The van der Waals surface area contributed by atoms with Gasteiger partial charge in [0.2, 0.25) is 0 Å². The molecule has 0 atom stereocenters. The molecule has 2 rings (SSSR count). The van der Waals surface area contributed by atoms with Crippen molar-refractivity contribution < 1.29 is 0 Å². The second-order valence-corrected chi connectivity index (χ2v) is 4.58. The van der Waals surface area contributed by atoms with Gasteiger partial charge in [0.25, 0.3) is 0 Å². The second kappa shape index (κ2) is 3.24. The molecule has 2 aromatic heterocycles. The maximum Gasteiger partial charge on any atom is 0.153 e. The summed E-state index contributed by atoms with van der Waals surface area (Å²) >= 11 is 9.59. The molecule has 0 unspecified atom stereocenters. The summed E-state index contributed by atoms with van der Waals surface area (Å²) in [7, 11) is 0. The predicted octanol–water partition coefficient (Wildman–Crippen LogP) is 3.90. The van der Waals surface area contributed by atoms with Crippen LogP contribution >= 0.6 is 27.5 Å². The van der Waals surface area contributed by atoms with E-state index in [0.717, 1.165) is 26.8 Å². The third-order valence-electron chi connectivity index (χ3n) is 2.51. The quantitative estimate of drug-likeness (QED) is 0.725. The third-order valence-corrected chi connectivity index (χ3v) is 3.75. The van der Waals surface area contributed by atoms with Crippen LogP contribution in [0, 0.1) is 20.8 Å². The van der Waals surface area contributed by atoms with E-state index in [1.807, 2.05) is 13.8 Å². The van der Waals surface area contributed by atoms with E-state index < -0.39 is 0 Å². The minimum atomic E-state index is 0.539. The van der Waals surface area contributed by atoms with Gasteiger partial charge in [0, 0.05) is 15.6 Å². The molecule has 0 aromatic carbocycles. The predicted molar refractivity (Wildman–Crippen MR) is 63.0 cm³/mol. The molecule has 2 heterocycles. The Kier molecular flexibility index (Phi) is 2.32. The van der Waals surface area contributed by atoms with Gasteiger partial charge in [-0.25, -0.2) is 4.98 Å². The third kappa shape index (κ3) is 1.27. The number of H-pyrrole nitrogens is 1. The van der Waals surface area contributed by atoms with E-state index in [4.69, 9.17) is 11.6 Å². The van der Waals surface area contributed by atoms with E-state index in [-0.39, 0.29) is 0 Å². The number of hydrogen-bond donors (Lipinski definition) is 1. The topological polar surface area (TPSA) is 28.7 Å². The number of aromatic nitrogens is 2. The van der Waals surface area contributed by atoms with E-state index in [0.29, 0.717) is 5.15 Å². The lowest BCUT2D eigenvalue weighted by Gasteiger charge is -2.01. The van der Waals surface area contributed by atoms with Crippen LogP contribution in [0.1, 0.15) is 17.0 Å². The molecule has 0 amide bonds. The Labute approximate surface area is 95.8 Å². The highest BCUT2D eigenvalue weighted by Crippen LogP contribution is 2.33. The Balaban J connectivity index is 3.03. The Morgan fingerprint density at radius 3 is 2.57 bits per heavy atom. The number of fused-ring (bicyclic) bond motifs is 1. The fourth-order valence-corrected chi connectivity index (χ4v) is 2.43. The van der Waals surface area contributed by atoms with E-state index in [9.17, 15) is 0 Å². The number of nitrogens with zero attached hydrogens (tertiary/aromatic N) is 1. The van der Waals surface area contributed by atoms with Gasteiger partial charge in [-0.2, -0.15) is 0 Å². The van der Waals surface area contributed by atoms with E-state index in [1.165, 1.54) is 5.56 Å². The summed E-state index contributed by atoms with van der Waals surface area (Å²) in [5, 5.41) is 1.68. The molecule has 0 aliphatic heterocycles. The number of nitrogens with one attached hydrogen (secondary N) is 1. The normalized spacial score (nSPS) is 11.2. The van der Waals surface area contributed by atoms with Crippen LogP contribution in [0.5, 0.6) is 0 Å². The van der Waals surface area contributed by atoms with Crippen molar-refractivity contribution in [1.82, 2.24) is 9.97 Å². The minimum absolute atomic E-state index is 0.539. The van der Waals surface area contributed by atoms with Crippen LogP contribution in [-0.2, 0) is 0 Å². The summed E-state index contributed by atoms with van der Waals surface area (Å²) in [6, 6.07) is 0. The lowest BCUT2D eigenvalue weighted by Crippen LogP contribution is -1.86. The van der Waals surface area contributed by atoms with Gasteiger partial charge >= 0.3 is 0 Å². The van der Waals surface area contributed by atoms with Crippen LogP contribution in [0.4, 0.5) is 0 Å². The largest absolute Gasteiger partial charge is 0.356 e. The Hall–Kier alpha value is -0.540. The van der Waals surface area contributed by atoms with Gasteiger partial charge in [-0.3, -0.25) is 0 Å². The van der Waals surface area contributed by atoms with Gasteiger partial charge in [-0.1, -0.05) is 11.6 Å². The smallest absolute Gasteiger partial charge is 0.153 e. The monoisotopic (exact) mass is 272 g/mol. The molecule has 1 N–H and O–H groups in total. The zero-order valence-electron chi connectivity index (χ0n) is 8.20. The molecule has 0 radical (unpaired) electrons. The van der Waals surface area contributed by atoms with Crippen LogP contribution < -0.4 is 0 Å². The summed E-state index contributed by atoms with van der Waals surface area (Å²) in [5.74, 6) is 0. The molecule has 0 spiro atoms. The first-order valence-electron chi connectivity index (χ1n) is 4.33. The van der Waals surface area contributed by atoms with Crippen LogP contribution in [-0.4, -0.2) is 9.97 Å². The highest BCUT2D eigenvalue weighted by atomic mass is 79.9. The molecule has 0 bridgehead atoms. The van der Waals surface area contributed by atoms with Crippen molar-refractivity contribution in [3.05, 3.63) is 26.6 Å². The van der Waals surface area contributed by atoms with Crippen LogP contribution in [0.3, 0.4) is 0 Å². The molecule has 0 aliphatic carbocycles. The first-order valence-corrected chi connectivity index (χ1v) is 5.50. The lowest BCUT2D eigenvalue weighted by molar-refractivity contribution is 1.19. The van der Waals surface area contributed by atoms with Crippen molar-refractivity contribution in [2.24, 2.45) is 0 Å². The maximum atomic E-state index is 6.06. The van der Waals surface area contributed by atoms with Crippen LogP contribution in [0.25, 0.3) is 10.9 Å². The summed E-state index contributed by atoms with van der Waals surface area (Å²) in [6.07, 6.45) is 0. The molecule has 0 aliphatic rings. The number of aryl methyl sites for hydroxylation is 3. The molecular weight excluding hydrogens is 263 g/mol. The molecule has 0 saturated carbocycles. The number of halogens is 2. The summed E-state index contributed by atoms with van der Waals surface area (Å²) in [5.41, 5.74) is 4.19. The van der Waals surface area contributed by atoms with Gasteiger partial charge < -0.3 is 4.98 Å². The molecule has 14 heavy (non-hydrogen) atoms. The van der Waals surface area contributed by atoms with Crippen molar-refractivity contribution >= 4 is 38.4 Å². The molecule has 2 aromatic rings. The molecule has 74 valence electrons. The highest BCUT2D eigenvalue weighted by molar-refractivity contribution is 9.10. The summed E-state index contributed by atoms with van der Waals surface area (Å²) < 4.78 is 1.03. The zero-order valence-corrected chi connectivity index (χ0v) is 10.5.